The number of H-pyrrole nitrogens is 2. The molecule has 4 fully saturated rings. The van der Waals surface area contributed by atoms with Crippen molar-refractivity contribution in [2.45, 2.75) is 75.8 Å². The minimum Gasteiger partial charge on any atom is -0.496 e. The van der Waals surface area contributed by atoms with Crippen LogP contribution in [-0.2, 0) is 37.3 Å². The van der Waals surface area contributed by atoms with Gasteiger partial charge in [-0.3, -0.25) is 19.4 Å². The topological polar surface area (TPSA) is 99.9 Å². The highest BCUT2D eigenvalue weighted by molar-refractivity contribution is 5.93. The number of aromatic nitrogens is 2. The summed E-state index contributed by atoms with van der Waals surface area (Å²) in [5.41, 5.74) is 8.48. The molecule has 4 aromatic rings. The van der Waals surface area contributed by atoms with Gasteiger partial charge in [0.15, 0.2) is 0 Å². The number of ether oxygens (including phenoxy) is 3. The van der Waals surface area contributed by atoms with Crippen LogP contribution in [0.4, 0.5) is 0 Å². The van der Waals surface area contributed by atoms with Gasteiger partial charge in [0.1, 0.15) is 11.2 Å². The Kier molecular flexibility index (Phi) is 8.12. The van der Waals surface area contributed by atoms with Crippen molar-refractivity contribution >= 4 is 33.7 Å². The summed E-state index contributed by atoms with van der Waals surface area (Å²) in [6.45, 7) is 7.17. The first-order chi connectivity index (χ1) is 25.3. The van der Waals surface area contributed by atoms with E-state index in [1.165, 1.54) is 41.3 Å². The fourth-order valence-electron chi connectivity index (χ4n) is 12.1. The van der Waals surface area contributed by atoms with E-state index in [0.717, 1.165) is 85.2 Å². The number of hydrogen-bond donors (Lipinski definition) is 2. The van der Waals surface area contributed by atoms with E-state index < -0.39 is 5.41 Å². The van der Waals surface area contributed by atoms with Gasteiger partial charge in [-0.2, -0.15) is 0 Å². The number of likely N-dealkylation sites (N-methyl/N-ethyl adjacent to an activating group) is 1. The SMILES string of the molecule is C/C=C1\CN(C)[C@H]2Cc3c([nH]c4ccccc34)[C@@H](c3cc4[nH]c5c(c4cc3OC)CCN3CC4C[C@H](CC)[C@H]3[C@@]5(C(=O)OC)C4)CC1C2C(=O)OC. The van der Waals surface area contributed by atoms with E-state index in [1.807, 2.05) is 0 Å². The molecule has 0 radical (unpaired) electrons. The average molecular weight is 705 g/mol. The number of nitrogens with one attached hydrogen (secondary N) is 2. The summed E-state index contributed by atoms with van der Waals surface area (Å²) in [7, 11) is 6.99. The predicted octanol–water partition coefficient (Wildman–Crippen LogP) is 6.49. The Morgan fingerprint density at radius 3 is 2.60 bits per heavy atom. The van der Waals surface area contributed by atoms with Gasteiger partial charge in [-0.25, -0.2) is 0 Å². The van der Waals surface area contributed by atoms with E-state index in [4.69, 9.17) is 14.2 Å². The molecule has 9 atom stereocenters. The normalized spacial score (nSPS) is 33.2. The second-order valence-electron chi connectivity index (χ2n) is 16.3. The molecule has 4 unspecified atom stereocenters. The third-order valence-electron chi connectivity index (χ3n) is 14.1. The molecule has 2 aromatic heterocycles. The van der Waals surface area contributed by atoms with Crippen LogP contribution in [0.5, 0.6) is 5.75 Å². The molecular formula is C43H52N4O5. The number of esters is 2. The zero-order chi connectivity index (χ0) is 36.1. The zero-order valence-corrected chi connectivity index (χ0v) is 31.4. The van der Waals surface area contributed by atoms with Gasteiger partial charge in [-0.1, -0.05) is 43.2 Å². The smallest absolute Gasteiger partial charge is 0.319 e. The molecule has 10 rings (SSSR count). The summed E-state index contributed by atoms with van der Waals surface area (Å²) in [6.07, 6.45) is 7.59. The Hall–Kier alpha value is -4.08. The number of nitrogens with zero attached hydrogens (tertiary/aromatic N) is 2. The highest BCUT2D eigenvalue weighted by Gasteiger charge is 2.62. The maximum absolute atomic E-state index is 14.2. The first-order valence-electron chi connectivity index (χ1n) is 19.3. The summed E-state index contributed by atoms with van der Waals surface area (Å²) in [5.74, 6) is 1.11. The predicted molar refractivity (Wildman–Crippen MR) is 202 cm³/mol. The fourth-order valence-corrected chi connectivity index (χ4v) is 12.1. The molecule has 52 heavy (non-hydrogen) atoms. The summed E-state index contributed by atoms with van der Waals surface area (Å²) in [6, 6.07) is 13.2. The van der Waals surface area contributed by atoms with Crippen LogP contribution in [0.15, 0.2) is 48.0 Å². The number of likely N-dealkylation sites (tertiary alicyclic amines) is 1. The summed E-state index contributed by atoms with van der Waals surface area (Å²) in [4.78, 5) is 40.8. The van der Waals surface area contributed by atoms with Gasteiger partial charge in [0.25, 0.3) is 0 Å². The molecule has 2 aliphatic carbocycles. The number of allylic oxidation sites excluding steroid dienone is 1. The van der Waals surface area contributed by atoms with Crippen LogP contribution >= 0.6 is 0 Å². The second kappa shape index (κ2) is 12.5. The van der Waals surface area contributed by atoms with Gasteiger partial charge >= 0.3 is 11.9 Å². The molecule has 1 saturated carbocycles. The van der Waals surface area contributed by atoms with Crippen LogP contribution in [0.25, 0.3) is 21.8 Å². The van der Waals surface area contributed by atoms with Crippen molar-refractivity contribution < 1.29 is 23.8 Å². The minimum atomic E-state index is -0.725. The molecule has 0 spiro atoms. The van der Waals surface area contributed by atoms with Crippen LogP contribution in [0.2, 0.25) is 0 Å². The van der Waals surface area contributed by atoms with E-state index in [2.05, 4.69) is 83.1 Å². The lowest BCUT2D eigenvalue weighted by Crippen LogP contribution is -2.67. The number of benzene rings is 2. The molecule has 6 bridgehead atoms. The molecule has 4 aliphatic heterocycles. The zero-order valence-electron chi connectivity index (χ0n) is 31.4. The number of para-hydroxylation sites is 1. The highest BCUT2D eigenvalue weighted by atomic mass is 16.5. The number of methoxy groups -OCH3 is 3. The lowest BCUT2D eigenvalue weighted by Gasteiger charge is -2.57. The molecule has 2 N–H and O–H groups in total. The van der Waals surface area contributed by atoms with Crippen LogP contribution in [-0.4, -0.2) is 91.8 Å². The number of carbonyl (C=O) groups excluding carboxylic acids is 2. The lowest BCUT2D eigenvalue weighted by molar-refractivity contribution is -0.162. The number of rotatable bonds is 5. The molecular weight excluding hydrogens is 652 g/mol. The van der Waals surface area contributed by atoms with Crippen LogP contribution in [0.3, 0.4) is 0 Å². The van der Waals surface area contributed by atoms with Crippen molar-refractivity contribution in [3.05, 3.63) is 76.1 Å². The van der Waals surface area contributed by atoms with E-state index in [0.29, 0.717) is 11.8 Å². The number of carbonyl (C=O) groups is 2. The van der Waals surface area contributed by atoms with E-state index in [9.17, 15) is 9.59 Å². The number of piperidine rings is 3. The van der Waals surface area contributed by atoms with Crippen molar-refractivity contribution in [2.24, 2.45) is 23.7 Å². The summed E-state index contributed by atoms with van der Waals surface area (Å²) in [5, 5.41) is 2.32. The monoisotopic (exact) mass is 704 g/mol. The average Bonchev–Trinajstić information content (AvgIpc) is 3.69. The van der Waals surface area contributed by atoms with E-state index in [-0.39, 0.29) is 41.8 Å². The maximum atomic E-state index is 14.2. The standard InChI is InChI=1S/C43H52N4O5/c1-7-24-15-23-20-43(42(49)52-6)39-27(13-14-47(21-23)40(24)43)29-19-36(50-4)30(17-34(29)45-39)31-16-28-25(8-2)22-46(3)35(37(28)41(48)51-5)18-32-26-11-9-10-12-33(26)44-38(31)32/h8-12,17,19,23-24,28,31,35,37,40,44-45H,7,13-16,18,20-22H2,1-6H3/b25-8+/t23?,24-,28?,31+,35-,37?,40-,43+/m0/s1. The lowest BCUT2D eigenvalue weighted by atomic mass is 9.56. The van der Waals surface area contributed by atoms with Gasteiger partial charge < -0.3 is 24.2 Å². The Balaban J connectivity index is 1.27. The van der Waals surface area contributed by atoms with Gasteiger partial charge in [0.05, 0.1) is 27.2 Å². The Morgan fingerprint density at radius 1 is 1.02 bits per heavy atom. The first kappa shape index (κ1) is 33.7. The molecule has 2 aromatic carbocycles. The van der Waals surface area contributed by atoms with Crippen molar-refractivity contribution in [3.63, 3.8) is 0 Å². The van der Waals surface area contributed by atoms with Crippen molar-refractivity contribution in [1.29, 1.82) is 0 Å². The summed E-state index contributed by atoms with van der Waals surface area (Å²) < 4.78 is 17.6. The van der Waals surface area contributed by atoms with Gasteiger partial charge in [-0.15, -0.1) is 0 Å². The van der Waals surface area contributed by atoms with Gasteiger partial charge in [0, 0.05) is 76.4 Å². The van der Waals surface area contributed by atoms with Crippen LogP contribution < -0.4 is 4.74 Å². The maximum Gasteiger partial charge on any atom is 0.319 e. The van der Waals surface area contributed by atoms with Crippen LogP contribution in [0.1, 0.15) is 73.5 Å². The molecule has 6 heterocycles. The number of aromatic amines is 2. The fraction of sp³-hybridized carbons (Fsp3) is 0.535. The Labute approximate surface area is 306 Å². The summed E-state index contributed by atoms with van der Waals surface area (Å²) >= 11 is 0. The molecule has 9 nitrogen and oxygen atoms in total. The van der Waals surface area contributed by atoms with Gasteiger partial charge in [-0.05, 0) is 93.2 Å². The van der Waals surface area contributed by atoms with E-state index in [1.54, 1.807) is 14.2 Å². The molecule has 3 saturated heterocycles. The van der Waals surface area contributed by atoms with E-state index >= 15 is 0 Å². The quantitative estimate of drug-likeness (QED) is 0.181. The molecule has 0 amide bonds. The Bertz CT molecular complexity index is 2110. The largest absolute Gasteiger partial charge is 0.496 e. The Morgan fingerprint density at radius 2 is 1.85 bits per heavy atom. The molecule has 274 valence electrons. The minimum absolute atomic E-state index is 0.00122. The van der Waals surface area contributed by atoms with Crippen molar-refractivity contribution in [1.82, 2.24) is 19.8 Å². The molecule has 9 heteroatoms. The van der Waals surface area contributed by atoms with Crippen LogP contribution in [0, 0.1) is 23.7 Å². The van der Waals surface area contributed by atoms with Crippen molar-refractivity contribution in [2.75, 3.05) is 48.0 Å². The number of fused-ring (bicyclic) bond motifs is 9. The molecule has 6 aliphatic rings. The third kappa shape index (κ3) is 4.67. The third-order valence-corrected chi connectivity index (χ3v) is 14.1. The van der Waals surface area contributed by atoms with Gasteiger partial charge in [0.2, 0.25) is 0 Å². The van der Waals surface area contributed by atoms with Crippen molar-refractivity contribution in [3.8, 4) is 5.75 Å². The second-order valence-corrected chi connectivity index (χ2v) is 16.3. The highest BCUT2D eigenvalue weighted by Crippen LogP contribution is 2.56. The number of hydrogen-bond acceptors (Lipinski definition) is 7. The first-order valence-corrected chi connectivity index (χ1v) is 19.3.